The van der Waals surface area contributed by atoms with Gasteiger partial charge in [-0.1, -0.05) is 6.92 Å². The van der Waals surface area contributed by atoms with Gasteiger partial charge in [0, 0.05) is 6.42 Å². The monoisotopic (exact) mass is 510 g/mol. The number of aliphatic hydroxyl groups excluding tert-OH is 3. The molecule has 35 heavy (non-hydrogen) atoms. The molecule has 15 nitrogen and oxygen atoms in total. The van der Waals surface area contributed by atoms with Crippen LogP contribution in [-0.4, -0.2) is 116 Å². The van der Waals surface area contributed by atoms with Crippen molar-refractivity contribution in [3.05, 3.63) is 0 Å². The van der Waals surface area contributed by atoms with Gasteiger partial charge in [-0.3, -0.25) is 19.2 Å². The molecule has 0 aromatic carbocycles. The van der Waals surface area contributed by atoms with E-state index in [1.54, 1.807) is 6.92 Å². The van der Waals surface area contributed by atoms with Crippen LogP contribution in [0.25, 0.3) is 0 Å². The maximum Gasteiger partial charge on any atom is 0.303 e. The number of Topliss-reactive ketones (excluding diaryl/α,β-unsaturated/α-hetero) is 1. The second kappa shape index (κ2) is 14.4. The lowest BCUT2D eigenvalue weighted by Crippen LogP contribution is -2.66. The van der Waals surface area contributed by atoms with E-state index in [1.807, 2.05) is 0 Å². The highest BCUT2D eigenvalue weighted by Crippen LogP contribution is 2.26. The van der Waals surface area contributed by atoms with E-state index < -0.39 is 91.5 Å². The maximum absolute atomic E-state index is 13.2. The van der Waals surface area contributed by atoms with Crippen LogP contribution in [0.2, 0.25) is 0 Å². The van der Waals surface area contributed by atoms with Gasteiger partial charge >= 0.3 is 5.97 Å². The van der Waals surface area contributed by atoms with Gasteiger partial charge in [-0.25, -0.2) is 0 Å². The highest BCUT2D eigenvalue weighted by Gasteiger charge is 2.47. The first kappa shape index (κ1) is 32.8. The van der Waals surface area contributed by atoms with Crippen molar-refractivity contribution in [1.82, 2.24) is 4.90 Å². The average molecular weight is 511 g/mol. The Morgan fingerprint density at radius 3 is 2.20 bits per heavy atom. The second-order valence-electron chi connectivity index (χ2n) is 8.29. The predicted molar refractivity (Wildman–Crippen MR) is 119 cm³/mol. The summed E-state index contributed by atoms with van der Waals surface area (Å²) in [6, 6.07) is -5.38. The molecule has 0 aromatic heterocycles. The Labute approximate surface area is 202 Å². The van der Waals surface area contributed by atoms with E-state index in [9.17, 15) is 34.5 Å². The lowest BCUT2D eigenvalue weighted by Gasteiger charge is -2.44. The van der Waals surface area contributed by atoms with Crippen LogP contribution < -0.4 is 17.2 Å². The number of aliphatic carboxylic acids is 1. The molecular formula is C20H38N4O11. The number of rotatable bonds is 13. The Bertz CT molecular complexity index is 740. The van der Waals surface area contributed by atoms with Gasteiger partial charge in [0.25, 0.3) is 0 Å². The third-order valence-electron chi connectivity index (χ3n) is 5.76. The summed E-state index contributed by atoms with van der Waals surface area (Å²) in [4.78, 5) is 50.0. The first-order valence-electron chi connectivity index (χ1n) is 10.9. The fourth-order valence-electron chi connectivity index (χ4n) is 3.88. The normalized spacial score (nSPS) is 27.6. The van der Waals surface area contributed by atoms with Crippen LogP contribution in [0.4, 0.5) is 0 Å². The first-order valence-corrected chi connectivity index (χ1v) is 10.9. The van der Waals surface area contributed by atoms with Crippen LogP contribution in [0.3, 0.4) is 0 Å². The summed E-state index contributed by atoms with van der Waals surface area (Å²) in [7, 11) is 0. The van der Waals surface area contributed by atoms with Crippen LogP contribution in [0.5, 0.6) is 0 Å². The third kappa shape index (κ3) is 8.15. The number of ketones is 1. The van der Waals surface area contributed by atoms with Gasteiger partial charge in [0.1, 0.15) is 30.4 Å². The number of carbonyl (C=O) groups is 4. The minimum absolute atomic E-state index is 0. The van der Waals surface area contributed by atoms with Crippen molar-refractivity contribution < 1.29 is 54.6 Å². The number of nitrogens with zero attached hydrogens (tertiary/aromatic N) is 1. The van der Waals surface area contributed by atoms with Crippen molar-refractivity contribution in [2.45, 2.75) is 94.9 Å². The van der Waals surface area contributed by atoms with Crippen molar-refractivity contribution >= 4 is 23.6 Å². The molecule has 0 aliphatic carbocycles. The molecule has 0 saturated carbocycles. The Morgan fingerprint density at radius 1 is 1.20 bits per heavy atom. The molecule has 9 atom stereocenters. The van der Waals surface area contributed by atoms with Crippen molar-refractivity contribution in [1.29, 1.82) is 0 Å². The Balaban J connectivity index is 0.0000116. The number of aliphatic hydroxyl groups is 3. The molecule has 0 aromatic rings. The molecular weight excluding hydrogens is 472 g/mol. The van der Waals surface area contributed by atoms with E-state index >= 15 is 0 Å². The Morgan fingerprint density at radius 2 is 1.77 bits per heavy atom. The van der Waals surface area contributed by atoms with Crippen LogP contribution in [0.15, 0.2) is 0 Å². The molecule has 3 unspecified atom stereocenters. The zero-order valence-corrected chi connectivity index (χ0v) is 19.9. The highest BCUT2D eigenvalue weighted by molar-refractivity contribution is 5.94. The summed E-state index contributed by atoms with van der Waals surface area (Å²) in [6.07, 6.45) is -7.65. The number of ether oxygens (including phenoxy) is 2. The molecule has 1 saturated heterocycles. The first-order chi connectivity index (χ1) is 15.8. The zero-order chi connectivity index (χ0) is 26.3. The van der Waals surface area contributed by atoms with Crippen LogP contribution in [-0.2, 0) is 28.7 Å². The highest BCUT2D eigenvalue weighted by atomic mass is 16.6. The number of carboxylic acids is 1. The third-order valence-corrected chi connectivity index (χ3v) is 5.76. The van der Waals surface area contributed by atoms with Gasteiger partial charge in [-0.15, -0.1) is 0 Å². The van der Waals surface area contributed by atoms with E-state index in [4.69, 9.17) is 31.8 Å². The van der Waals surface area contributed by atoms with Gasteiger partial charge in [0.05, 0.1) is 24.8 Å². The predicted octanol–water partition coefficient (Wildman–Crippen LogP) is -4.42. The number of hydrogen-bond donors (Lipinski definition) is 7. The standard InChI is InChI=1S/C20H36N4O10.H2O/c1-4-10(21)19(31)24(11(18(23)30)5-6-13(27)28)15(8(2)26)9(3)33-17-14(22)20(32)34-12(7-25)16(17)29;/h9-12,14-17,20,25,29,32H,4-7,21-22H2,1-3H3,(H2,23,30)(H,27,28);1H2/t9?,10?,11-,12-,14-,15?,16-,17-,20+;/m1./s1. The van der Waals surface area contributed by atoms with E-state index in [0.717, 1.165) is 11.8 Å². The topological polar surface area (TPSA) is 280 Å². The maximum atomic E-state index is 13.2. The van der Waals surface area contributed by atoms with Gasteiger partial charge in [0.15, 0.2) is 12.1 Å². The molecule has 0 bridgehead atoms. The molecule has 1 rings (SSSR count). The number of carbonyl (C=O) groups excluding carboxylic acids is 3. The summed E-state index contributed by atoms with van der Waals surface area (Å²) in [5, 5.41) is 38.9. The van der Waals surface area contributed by atoms with Crippen LogP contribution >= 0.6 is 0 Å². The summed E-state index contributed by atoms with van der Waals surface area (Å²) < 4.78 is 10.8. The van der Waals surface area contributed by atoms with E-state index in [-0.39, 0.29) is 18.3 Å². The summed E-state index contributed by atoms with van der Waals surface area (Å²) >= 11 is 0. The lowest BCUT2D eigenvalue weighted by molar-refractivity contribution is -0.265. The number of amides is 2. The minimum atomic E-state index is -1.60. The molecule has 2 amide bonds. The summed E-state index contributed by atoms with van der Waals surface area (Å²) in [6.45, 7) is 3.44. The van der Waals surface area contributed by atoms with Crippen molar-refractivity contribution in [2.24, 2.45) is 17.2 Å². The Hall–Kier alpha value is -2.24. The molecule has 1 fully saturated rings. The molecule has 1 aliphatic rings. The molecule has 1 aliphatic heterocycles. The number of primary amides is 1. The van der Waals surface area contributed by atoms with Crippen LogP contribution in [0, 0.1) is 0 Å². The van der Waals surface area contributed by atoms with E-state index in [2.05, 4.69) is 0 Å². The van der Waals surface area contributed by atoms with Crippen LogP contribution in [0.1, 0.15) is 40.0 Å². The molecule has 0 radical (unpaired) electrons. The zero-order valence-electron chi connectivity index (χ0n) is 19.9. The van der Waals surface area contributed by atoms with Crippen molar-refractivity contribution in [2.75, 3.05) is 6.61 Å². The molecule has 1 heterocycles. The van der Waals surface area contributed by atoms with Gasteiger partial charge in [0.2, 0.25) is 11.8 Å². The molecule has 12 N–H and O–H groups in total. The van der Waals surface area contributed by atoms with Crippen molar-refractivity contribution in [3.63, 3.8) is 0 Å². The Kier molecular flexibility index (Phi) is 13.4. The summed E-state index contributed by atoms with van der Waals surface area (Å²) in [5.41, 5.74) is 17.2. The van der Waals surface area contributed by atoms with Gasteiger partial charge < -0.3 is 57.5 Å². The smallest absolute Gasteiger partial charge is 0.303 e. The fourth-order valence-corrected chi connectivity index (χ4v) is 3.88. The largest absolute Gasteiger partial charge is 0.481 e. The molecule has 15 heteroatoms. The minimum Gasteiger partial charge on any atom is -0.481 e. The van der Waals surface area contributed by atoms with E-state index in [1.165, 1.54) is 6.92 Å². The second-order valence-corrected chi connectivity index (χ2v) is 8.29. The average Bonchev–Trinajstić information content (AvgIpc) is 2.76. The number of hydrogen-bond acceptors (Lipinski definition) is 11. The van der Waals surface area contributed by atoms with Gasteiger partial charge in [-0.2, -0.15) is 0 Å². The summed E-state index contributed by atoms with van der Waals surface area (Å²) in [5.74, 6) is -3.75. The SMILES string of the molecule is CCC(N)C(=O)N(C(C(C)=O)C(C)O[C@@H]1[C@@H](N)[C@@H](O)O[C@H](CO)[C@H]1O)[C@H](CCC(=O)O)C(N)=O.O. The van der Waals surface area contributed by atoms with Crippen molar-refractivity contribution in [3.8, 4) is 0 Å². The lowest BCUT2D eigenvalue weighted by atomic mass is 9.95. The number of carboxylic acid groups (broad SMARTS) is 1. The van der Waals surface area contributed by atoms with E-state index in [0.29, 0.717) is 0 Å². The molecule has 204 valence electrons. The van der Waals surface area contributed by atoms with Gasteiger partial charge in [-0.05, 0) is 26.7 Å². The molecule has 0 spiro atoms. The fraction of sp³-hybridized carbons (Fsp3) is 0.800. The number of nitrogens with two attached hydrogens (primary N) is 3. The quantitative estimate of drug-likeness (QED) is 0.124.